The van der Waals surface area contributed by atoms with Gasteiger partial charge in [-0.2, -0.15) is 0 Å². The smallest absolute Gasteiger partial charge is 0.258 e. The van der Waals surface area contributed by atoms with E-state index in [9.17, 15) is 9.59 Å². The minimum absolute atomic E-state index is 0.0446. The number of fused-ring (bicyclic) bond motifs is 1. The number of hydrogen-bond donors (Lipinski definition) is 2. The fourth-order valence-corrected chi connectivity index (χ4v) is 4.15. The number of pyridine rings is 1. The number of hydrogen-bond acceptors (Lipinski definition) is 7. The number of aromatic nitrogens is 3. The van der Waals surface area contributed by atoms with Crippen LogP contribution in [0, 0.1) is 0 Å². The molecular weight excluding hydrogens is 436 g/mol. The van der Waals surface area contributed by atoms with Crippen molar-refractivity contribution in [2.24, 2.45) is 0 Å². The summed E-state index contributed by atoms with van der Waals surface area (Å²) < 4.78 is 12.4. The molecule has 4 rings (SSSR count). The van der Waals surface area contributed by atoms with E-state index in [1.807, 2.05) is 4.57 Å². The Bertz CT molecular complexity index is 1180. The number of benzene rings is 1. The van der Waals surface area contributed by atoms with Crippen LogP contribution in [0.15, 0.2) is 36.5 Å². The van der Waals surface area contributed by atoms with Crippen LogP contribution in [0.1, 0.15) is 40.0 Å². The fraction of sp³-hybridized carbons (Fsp3) is 0.417. The molecule has 0 saturated carbocycles. The second-order valence-electron chi connectivity index (χ2n) is 8.33. The highest BCUT2D eigenvalue weighted by Gasteiger charge is 2.25. The van der Waals surface area contributed by atoms with Crippen LogP contribution in [0.25, 0.3) is 11.2 Å². The summed E-state index contributed by atoms with van der Waals surface area (Å²) in [7, 11) is 3.31. The third-order valence-electron chi connectivity index (χ3n) is 5.93. The highest BCUT2D eigenvalue weighted by atomic mass is 16.5. The largest absolute Gasteiger partial charge is 0.399 e. The number of methoxy groups -OCH3 is 2. The molecule has 3 N–H and O–H groups in total. The summed E-state index contributed by atoms with van der Waals surface area (Å²) in [6.07, 6.45) is 4.16. The Hall–Kier alpha value is -3.50. The van der Waals surface area contributed by atoms with Crippen LogP contribution in [-0.4, -0.2) is 71.3 Å². The van der Waals surface area contributed by atoms with E-state index in [2.05, 4.69) is 15.3 Å². The number of nitrogens with zero attached hydrogens (tertiary/aromatic N) is 4. The summed E-state index contributed by atoms with van der Waals surface area (Å²) in [4.78, 5) is 36.9. The predicted molar refractivity (Wildman–Crippen MR) is 129 cm³/mol. The summed E-state index contributed by atoms with van der Waals surface area (Å²) >= 11 is 0. The quantitative estimate of drug-likeness (QED) is 0.386. The van der Waals surface area contributed by atoms with Crippen molar-refractivity contribution in [2.75, 3.05) is 45.0 Å². The second-order valence-corrected chi connectivity index (χ2v) is 8.33. The molecule has 1 aliphatic heterocycles. The van der Waals surface area contributed by atoms with Gasteiger partial charge < -0.3 is 20.1 Å². The normalized spacial score (nSPS) is 16.1. The van der Waals surface area contributed by atoms with Gasteiger partial charge in [-0.15, -0.1) is 0 Å². The van der Waals surface area contributed by atoms with Crippen LogP contribution in [0.3, 0.4) is 0 Å². The molecule has 0 spiro atoms. The number of anilines is 2. The number of piperidine rings is 1. The zero-order valence-electron chi connectivity index (χ0n) is 19.5. The molecule has 0 aliphatic carbocycles. The number of rotatable bonds is 8. The Morgan fingerprint density at radius 1 is 1.24 bits per heavy atom. The number of carbonyl (C=O) groups excluding carboxylic acids is 2. The number of ether oxygens (including phenoxy) is 2. The molecule has 3 aromatic rings. The predicted octanol–water partition coefficient (Wildman–Crippen LogP) is 2.55. The molecule has 3 heterocycles. The third-order valence-corrected chi connectivity index (χ3v) is 5.93. The first-order valence-corrected chi connectivity index (χ1v) is 11.3. The maximum atomic E-state index is 13.1. The van der Waals surface area contributed by atoms with Gasteiger partial charge in [-0.1, -0.05) is 6.07 Å². The average molecular weight is 467 g/mol. The Labute approximate surface area is 198 Å². The molecule has 2 amide bonds. The van der Waals surface area contributed by atoms with Crippen molar-refractivity contribution in [2.45, 2.75) is 31.9 Å². The Morgan fingerprint density at radius 3 is 2.85 bits per heavy atom. The first-order chi connectivity index (χ1) is 16.5. The number of amides is 2. The van der Waals surface area contributed by atoms with E-state index in [0.717, 1.165) is 12.8 Å². The topological polar surface area (TPSA) is 125 Å². The van der Waals surface area contributed by atoms with E-state index in [0.29, 0.717) is 66.6 Å². The van der Waals surface area contributed by atoms with E-state index in [1.54, 1.807) is 55.6 Å². The molecule has 10 nitrogen and oxygen atoms in total. The van der Waals surface area contributed by atoms with Crippen molar-refractivity contribution in [3.05, 3.63) is 47.7 Å². The number of nitrogen functional groups attached to an aromatic ring is 1. The molecule has 1 aromatic carbocycles. The molecule has 1 saturated heterocycles. The highest BCUT2D eigenvalue weighted by Crippen LogP contribution is 2.22. The zero-order valence-corrected chi connectivity index (χ0v) is 19.5. The van der Waals surface area contributed by atoms with Crippen molar-refractivity contribution in [1.29, 1.82) is 0 Å². The molecule has 1 aliphatic rings. The number of nitrogens with one attached hydrogen (secondary N) is 1. The third kappa shape index (κ3) is 5.18. The van der Waals surface area contributed by atoms with Crippen LogP contribution in [0.2, 0.25) is 0 Å². The van der Waals surface area contributed by atoms with Gasteiger partial charge in [-0.3, -0.25) is 19.5 Å². The number of aryl methyl sites for hydroxylation is 1. The molecule has 1 fully saturated rings. The van der Waals surface area contributed by atoms with Crippen LogP contribution in [0.4, 0.5) is 11.6 Å². The SMILES string of the molecule is COCCCn1c(NC(=O)c2cccc(N)c2)nc2cc(C(=O)N3CCC[C@@H](OC)C3)cnc21. The summed E-state index contributed by atoms with van der Waals surface area (Å²) in [6, 6.07) is 8.46. The van der Waals surface area contributed by atoms with Crippen LogP contribution in [-0.2, 0) is 16.0 Å². The molecule has 10 heteroatoms. The van der Waals surface area contributed by atoms with Crippen LogP contribution in [0.5, 0.6) is 0 Å². The molecule has 0 radical (unpaired) electrons. The van der Waals surface area contributed by atoms with Crippen molar-refractivity contribution >= 4 is 34.6 Å². The first kappa shape index (κ1) is 23.7. The van der Waals surface area contributed by atoms with Crippen molar-refractivity contribution < 1.29 is 19.1 Å². The minimum Gasteiger partial charge on any atom is -0.399 e. The Morgan fingerprint density at radius 2 is 2.09 bits per heavy atom. The molecule has 2 aromatic heterocycles. The lowest BCUT2D eigenvalue weighted by atomic mass is 10.1. The second kappa shape index (κ2) is 10.6. The van der Waals surface area contributed by atoms with Crippen molar-refractivity contribution in [3.63, 3.8) is 0 Å². The van der Waals surface area contributed by atoms with Gasteiger partial charge >= 0.3 is 0 Å². The Kier molecular flexibility index (Phi) is 7.39. The lowest BCUT2D eigenvalue weighted by molar-refractivity contribution is 0.0269. The average Bonchev–Trinajstić information content (AvgIpc) is 3.19. The van der Waals surface area contributed by atoms with E-state index < -0.39 is 0 Å². The van der Waals surface area contributed by atoms with Crippen LogP contribution >= 0.6 is 0 Å². The molecule has 0 unspecified atom stereocenters. The summed E-state index contributed by atoms with van der Waals surface area (Å²) in [6.45, 7) is 2.33. The van der Waals surface area contributed by atoms with Gasteiger partial charge in [0.1, 0.15) is 5.52 Å². The summed E-state index contributed by atoms with van der Waals surface area (Å²) in [5, 5.41) is 2.86. The maximum absolute atomic E-state index is 13.1. The van der Waals surface area contributed by atoms with E-state index in [-0.39, 0.29) is 17.9 Å². The van der Waals surface area contributed by atoms with Crippen molar-refractivity contribution in [3.8, 4) is 0 Å². The van der Waals surface area contributed by atoms with Gasteiger partial charge in [-0.05, 0) is 43.5 Å². The van der Waals surface area contributed by atoms with E-state index >= 15 is 0 Å². The van der Waals surface area contributed by atoms with Gasteiger partial charge in [0.2, 0.25) is 5.95 Å². The highest BCUT2D eigenvalue weighted by molar-refractivity contribution is 6.04. The fourth-order valence-electron chi connectivity index (χ4n) is 4.15. The zero-order chi connectivity index (χ0) is 24.1. The number of carbonyl (C=O) groups is 2. The van der Waals surface area contributed by atoms with Gasteiger partial charge in [-0.25, -0.2) is 9.97 Å². The maximum Gasteiger partial charge on any atom is 0.258 e. The molecule has 180 valence electrons. The van der Waals surface area contributed by atoms with Gasteiger partial charge in [0.15, 0.2) is 5.65 Å². The molecular formula is C24H30N6O4. The van der Waals surface area contributed by atoms with Crippen LogP contribution < -0.4 is 11.1 Å². The molecule has 34 heavy (non-hydrogen) atoms. The lowest BCUT2D eigenvalue weighted by Gasteiger charge is -2.31. The first-order valence-electron chi connectivity index (χ1n) is 11.3. The Balaban J connectivity index is 1.62. The van der Waals surface area contributed by atoms with E-state index in [1.165, 1.54) is 0 Å². The molecule has 1 atom stereocenters. The number of likely N-dealkylation sites (tertiary alicyclic amines) is 1. The van der Waals surface area contributed by atoms with Crippen molar-refractivity contribution in [1.82, 2.24) is 19.4 Å². The summed E-state index contributed by atoms with van der Waals surface area (Å²) in [5.41, 5.74) is 8.32. The summed E-state index contributed by atoms with van der Waals surface area (Å²) in [5.74, 6) is -0.0747. The van der Waals surface area contributed by atoms with Gasteiger partial charge in [0.25, 0.3) is 11.8 Å². The van der Waals surface area contributed by atoms with E-state index in [4.69, 9.17) is 15.2 Å². The standard InChI is InChI=1S/C24H30N6O4/c1-33-11-5-10-30-21-20(27-24(30)28-22(31)16-6-3-7-18(25)12-16)13-17(14-26-21)23(32)29-9-4-8-19(15-29)34-2/h3,6-7,12-14,19H,4-5,8-11,15,25H2,1-2H3,(H,27,28,31)/t19-/m1/s1. The number of imidazole rings is 1. The monoisotopic (exact) mass is 466 g/mol. The number of nitrogens with two attached hydrogens (primary N) is 1. The van der Waals surface area contributed by atoms with Gasteiger partial charge in [0.05, 0.1) is 11.7 Å². The van der Waals surface area contributed by atoms with Gasteiger partial charge in [0, 0.05) is 57.9 Å². The molecule has 0 bridgehead atoms. The lowest BCUT2D eigenvalue weighted by Crippen LogP contribution is -2.42. The minimum atomic E-state index is -0.328.